The van der Waals surface area contributed by atoms with Gasteiger partial charge >= 0.3 is 0 Å². The molecular formula is C25H35N3O2+2. The number of nitrogens with zero attached hydrogens (tertiary/aromatic N) is 1. The number of hydrogen-bond acceptors (Lipinski definition) is 2. The fourth-order valence-corrected chi connectivity index (χ4v) is 5.05. The molecule has 0 saturated carbocycles. The van der Waals surface area contributed by atoms with Crippen molar-refractivity contribution in [3.05, 3.63) is 71.8 Å². The van der Waals surface area contributed by atoms with Crippen molar-refractivity contribution in [3.63, 3.8) is 0 Å². The zero-order valence-corrected chi connectivity index (χ0v) is 18.2. The van der Waals surface area contributed by atoms with Crippen LogP contribution in [0, 0.1) is 0 Å². The van der Waals surface area contributed by atoms with E-state index in [1.54, 1.807) is 4.90 Å². The van der Waals surface area contributed by atoms with E-state index in [-0.39, 0.29) is 18.1 Å². The number of ether oxygens (including phenoxy) is 1. The maximum atomic E-state index is 12.9. The van der Waals surface area contributed by atoms with Crippen LogP contribution in [0.1, 0.15) is 31.0 Å². The lowest BCUT2D eigenvalue weighted by atomic mass is 9.96. The fraction of sp³-hybridized carbons (Fsp3) is 0.480. The zero-order valence-electron chi connectivity index (χ0n) is 18.2. The van der Waals surface area contributed by atoms with Crippen LogP contribution in [0.2, 0.25) is 0 Å². The minimum atomic E-state index is 0.131. The van der Waals surface area contributed by atoms with Gasteiger partial charge in [-0.3, -0.25) is 4.79 Å². The summed E-state index contributed by atoms with van der Waals surface area (Å²) in [5.74, 6) is 0.276. The lowest BCUT2D eigenvalue weighted by Gasteiger charge is -2.37. The van der Waals surface area contributed by atoms with Gasteiger partial charge in [0, 0.05) is 24.2 Å². The summed E-state index contributed by atoms with van der Waals surface area (Å²) in [6.45, 7) is 10.4. The molecule has 30 heavy (non-hydrogen) atoms. The Hall–Kier alpha value is -2.21. The smallest absolute Gasteiger partial charge is 0.277 e. The second kappa shape index (κ2) is 9.73. The van der Waals surface area contributed by atoms with Crippen LogP contribution in [0.5, 0.6) is 0 Å². The highest BCUT2D eigenvalue weighted by Crippen LogP contribution is 2.18. The Labute approximate surface area is 180 Å². The van der Waals surface area contributed by atoms with Gasteiger partial charge in [-0.15, -0.1) is 0 Å². The summed E-state index contributed by atoms with van der Waals surface area (Å²) in [7, 11) is 0. The molecule has 5 heteroatoms. The summed E-state index contributed by atoms with van der Waals surface area (Å²) >= 11 is 0. The number of morpholine rings is 1. The van der Waals surface area contributed by atoms with E-state index in [0.29, 0.717) is 12.6 Å². The Morgan fingerprint density at radius 3 is 1.90 bits per heavy atom. The van der Waals surface area contributed by atoms with Crippen molar-refractivity contribution < 1.29 is 19.3 Å². The molecule has 2 fully saturated rings. The number of piperazine rings is 1. The predicted molar refractivity (Wildman–Crippen MR) is 118 cm³/mol. The molecule has 0 radical (unpaired) electrons. The molecule has 0 unspecified atom stereocenters. The Morgan fingerprint density at radius 1 is 0.900 bits per heavy atom. The predicted octanol–water partition coefficient (Wildman–Crippen LogP) is 0.195. The van der Waals surface area contributed by atoms with E-state index >= 15 is 0 Å². The highest BCUT2D eigenvalue weighted by Gasteiger charge is 2.34. The average Bonchev–Trinajstić information content (AvgIpc) is 2.76. The maximum Gasteiger partial charge on any atom is 0.277 e. The number of quaternary nitrogens is 2. The number of carbonyl (C=O) groups is 1. The monoisotopic (exact) mass is 409 g/mol. The van der Waals surface area contributed by atoms with Gasteiger partial charge in [0.1, 0.15) is 32.2 Å². The lowest BCUT2D eigenvalue weighted by molar-refractivity contribution is -1.02. The number of nitrogens with one attached hydrogen (secondary N) is 2. The third kappa shape index (κ3) is 5.09. The van der Waals surface area contributed by atoms with Crippen LogP contribution in [-0.2, 0) is 9.53 Å². The van der Waals surface area contributed by atoms with E-state index in [4.69, 9.17) is 4.74 Å². The van der Waals surface area contributed by atoms with Gasteiger partial charge in [-0.2, -0.15) is 0 Å². The first-order valence-corrected chi connectivity index (χ1v) is 11.3. The van der Waals surface area contributed by atoms with Crippen molar-refractivity contribution in [1.82, 2.24) is 4.90 Å². The first-order valence-electron chi connectivity index (χ1n) is 11.3. The van der Waals surface area contributed by atoms with Crippen molar-refractivity contribution in [2.75, 3.05) is 45.8 Å². The van der Waals surface area contributed by atoms with Crippen LogP contribution >= 0.6 is 0 Å². The Bertz CT molecular complexity index is 756. The zero-order chi connectivity index (χ0) is 20.9. The largest absolute Gasteiger partial charge is 0.372 e. The van der Waals surface area contributed by atoms with E-state index in [1.165, 1.54) is 16.0 Å². The molecule has 2 N–H and O–H groups in total. The highest BCUT2D eigenvalue weighted by molar-refractivity contribution is 5.77. The van der Waals surface area contributed by atoms with Gasteiger partial charge in [0.25, 0.3) is 5.91 Å². The molecule has 0 bridgehead atoms. The fourth-order valence-electron chi connectivity index (χ4n) is 5.05. The molecule has 0 spiro atoms. The van der Waals surface area contributed by atoms with Crippen LogP contribution in [0.25, 0.3) is 0 Å². The minimum absolute atomic E-state index is 0.131. The van der Waals surface area contributed by atoms with Crippen LogP contribution in [0.15, 0.2) is 60.7 Å². The molecule has 2 saturated heterocycles. The van der Waals surface area contributed by atoms with Gasteiger partial charge in [0.05, 0.1) is 12.2 Å². The normalized spacial score (nSPS) is 27.2. The topological polar surface area (TPSA) is 38.4 Å². The van der Waals surface area contributed by atoms with E-state index < -0.39 is 0 Å². The van der Waals surface area contributed by atoms with E-state index in [1.807, 2.05) is 4.90 Å². The minimum Gasteiger partial charge on any atom is -0.372 e. The molecule has 2 aliphatic heterocycles. The Morgan fingerprint density at radius 2 is 1.40 bits per heavy atom. The first kappa shape index (κ1) is 21.0. The summed E-state index contributed by atoms with van der Waals surface area (Å²) in [5.41, 5.74) is 2.74. The molecule has 0 aliphatic carbocycles. The van der Waals surface area contributed by atoms with Crippen LogP contribution in [0.4, 0.5) is 0 Å². The number of benzene rings is 2. The van der Waals surface area contributed by atoms with Crippen molar-refractivity contribution in [2.45, 2.75) is 32.1 Å². The second-order valence-electron chi connectivity index (χ2n) is 8.90. The molecule has 2 aliphatic rings. The number of carbonyl (C=O) groups excluding carboxylic acids is 1. The third-order valence-electron chi connectivity index (χ3n) is 6.45. The summed E-state index contributed by atoms with van der Waals surface area (Å²) < 4.78 is 5.78. The molecule has 5 nitrogen and oxygen atoms in total. The van der Waals surface area contributed by atoms with Gasteiger partial charge in [-0.25, -0.2) is 0 Å². The molecule has 2 aromatic carbocycles. The number of amides is 1. The maximum absolute atomic E-state index is 12.9. The summed E-state index contributed by atoms with van der Waals surface area (Å²) in [4.78, 5) is 17.9. The molecule has 2 atom stereocenters. The average molecular weight is 410 g/mol. The summed E-state index contributed by atoms with van der Waals surface area (Å²) in [5, 5.41) is 0. The molecule has 4 rings (SSSR count). The quantitative estimate of drug-likeness (QED) is 0.740. The summed E-state index contributed by atoms with van der Waals surface area (Å²) in [6, 6.07) is 22.0. The Kier molecular flexibility index (Phi) is 6.82. The van der Waals surface area contributed by atoms with Crippen LogP contribution in [0.3, 0.4) is 0 Å². The number of rotatable bonds is 5. The van der Waals surface area contributed by atoms with Crippen LogP contribution < -0.4 is 9.80 Å². The SMILES string of the molecule is C[C@@H]1CN(C(=O)C[NH+]2CC[NH+](C(c3ccccc3)c3ccccc3)CC2)C[C@H](C)O1. The molecule has 2 aromatic rings. The third-order valence-corrected chi connectivity index (χ3v) is 6.45. The van der Waals surface area contributed by atoms with Crippen molar-refractivity contribution in [3.8, 4) is 0 Å². The lowest BCUT2D eigenvalue weighted by Crippen LogP contribution is -3.28. The second-order valence-corrected chi connectivity index (χ2v) is 8.90. The first-order chi connectivity index (χ1) is 14.6. The molecule has 1 amide bonds. The van der Waals surface area contributed by atoms with Crippen molar-refractivity contribution >= 4 is 5.91 Å². The molecule has 0 aromatic heterocycles. The van der Waals surface area contributed by atoms with Gasteiger partial charge in [-0.05, 0) is 13.8 Å². The van der Waals surface area contributed by atoms with E-state index in [9.17, 15) is 4.79 Å². The van der Waals surface area contributed by atoms with Gasteiger partial charge in [0.2, 0.25) is 0 Å². The number of hydrogen-bond donors (Lipinski definition) is 2. The van der Waals surface area contributed by atoms with Gasteiger partial charge in [-0.1, -0.05) is 60.7 Å². The summed E-state index contributed by atoms with van der Waals surface area (Å²) in [6.07, 6.45) is 0.262. The molecular weight excluding hydrogens is 374 g/mol. The van der Waals surface area contributed by atoms with Crippen LogP contribution in [-0.4, -0.2) is 68.8 Å². The molecule has 2 heterocycles. The van der Waals surface area contributed by atoms with Gasteiger partial charge in [0.15, 0.2) is 6.54 Å². The van der Waals surface area contributed by atoms with E-state index in [0.717, 1.165) is 39.3 Å². The van der Waals surface area contributed by atoms with Gasteiger partial charge < -0.3 is 19.4 Å². The van der Waals surface area contributed by atoms with Crippen molar-refractivity contribution in [2.24, 2.45) is 0 Å². The van der Waals surface area contributed by atoms with Crippen molar-refractivity contribution in [1.29, 1.82) is 0 Å². The van der Waals surface area contributed by atoms with E-state index in [2.05, 4.69) is 74.5 Å². The Balaban J connectivity index is 1.38. The molecule has 160 valence electrons. The standard InChI is InChI=1S/C25H33N3O2/c1-20-17-28(18-21(2)30-20)24(29)19-26-13-15-27(16-14-26)25(22-9-5-3-6-10-22)23-11-7-4-8-12-23/h3-12,20-21,25H,13-19H2,1-2H3/p+2/t20-,21+. The highest BCUT2D eigenvalue weighted by atomic mass is 16.5.